The van der Waals surface area contributed by atoms with Crippen LogP contribution in [0.15, 0.2) is 35.4 Å². The molecule has 2 aromatic rings. The highest BCUT2D eigenvalue weighted by atomic mass is 35.5. The standard InChI is InChI=1S/C19H20Cl3N3O2/c1-26-18-3-2-13(8-14(18)12-25-4-6-27-7-5-25)11-23-24-19-16(21)9-15(20)10-17(19)22/h2-3,8-11,24H,4-7,12H2,1H3/b23-11-. The highest BCUT2D eigenvalue weighted by Gasteiger charge is 2.13. The molecule has 27 heavy (non-hydrogen) atoms. The number of hydrazone groups is 1. The van der Waals surface area contributed by atoms with E-state index in [2.05, 4.69) is 21.5 Å². The molecule has 0 bridgehead atoms. The zero-order valence-corrected chi connectivity index (χ0v) is 17.1. The van der Waals surface area contributed by atoms with Crippen LogP contribution in [0.5, 0.6) is 5.75 Å². The second-order valence-electron chi connectivity index (χ2n) is 6.07. The molecular formula is C19H20Cl3N3O2. The third-order valence-corrected chi connectivity index (χ3v) is 5.01. The van der Waals surface area contributed by atoms with Gasteiger partial charge in [0, 0.05) is 30.2 Å². The molecule has 8 heteroatoms. The van der Waals surface area contributed by atoms with Crippen molar-refractivity contribution in [2.24, 2.45) is 5.10 Å². The summed E-state index contributed by atoms with van der Waals surface area (Å²) in [6, 6.07) is 9.17. The first kappa shape index (κ1) is 20.2. The largest absolute Gasteiger partial charge is 0.496 e. The number of rotatable bonds is 6. The Kier molecular flexibility index (Phi) is 7.21. The monoisotopic (exact) mass is 427 g/mol. The third-order valence-electron chi connectivity index (χ3n) is 4.20. The second-order valence-corrected chi connectivity index (χ2v) is 7.33. The van der Waals surface area contributed by atoms with Crippen LogP contribution in [0.3, 0.4) is 0 Å². The Hall–Kier alpha value is -1.50. The van der Waals surface area contributed by atoms with Gasteiger partial charge in [-0.1, -0.05) is 34.8 Å². The molecule has 144 valence electrons. The summed E-state index contributed by atoms with van der Waals surface area (Å²) in [7, 11) is 1.68. The van der Waals surface area contributed by atoms with E-state index in [9.17, 15) is 0 Å². The fourth-order valence-electron chi connectivity index (χ4n) is 2.82. The van der Waals surface area contributed by atoms with Crippen LogP contribution in [0.25, 0.3) is 0 Å². The second kappa shape index (κ2) is 9.62. The third kappa shape index (κ3) is 5.50. The quantitative estimate of drug-likeness (QED) is 0.523. The van der Waals surface area contributed by atoms with Gasteiger partial charge in [-0.25, -0.2) is 0 Å². The van der Waals surface area contributed by atoms with E-state index in [1.54, 1.807) is 25.5 Å². The van der Waals surface area contributed by atoms with Gasteiger partial charge in [-0.15, -0.1) is 0 Å². The topological polar surface area (TPSA) is 46.1 Å². The van der Waals surface area contributed by atoms with Gasteiger partial charge < -0.3 is 9.47 Å². The average molecular weight is 429 g/mol. The summed E-state index contributed by atoms with van der Waals surface area (Å²) in [5.74, 6) is 0.857. The summed E-state index contributed by atoms with van der Waals surface area (Å²) in [5.41, 5.74) is 5.43. The van der Waals surface area contributed by atoms with Crippen molar-refractivity contribution in [2.75, 3.05) is 38.8 Å². The van der Waals surface area contributed by atoms with Crippen molar-refractivity contribution in [3.63, 3.8) is 0 Å². The van der Waals surface area contributed by atoms with Crippen LogP contribution in [0, 0.1) is 0 Å². The first-order valence-electron chi connectivity index (χ1n) is 8.47. The van der Waals surface area contributed by atoms with Crippen LogP contribution in [0.4, 0.5) is 5.69 Å². The summed E-state index contributed by atoms with van der Waals surface area (Å²) in [5, 5.41) is 5.54. The van der Waals surface area contributed by atoms with Gasteiger partial charge in [-0.3, -0.25) is 10.3 Å². The summed E-state index contributed by atoms with van der Waals surface area (Å²) < 4.78 is 10.9. The minimum absolute atomic E-state index is 0.410. The maximum Gasteiger partial charge on any atom is 0.123 e. The smallest absolute Gasteiger partial charge is 0.123 e. The van der Waals surface area contributed by atoms with Crippen molar-refractivity contribution in [1.29, 1.82) is 0 Å². The fourth-order valence-corrected chi connectivity index (χ4v) is 3.72. The fraction of sp³-hybridized carbons (Fsp3) is 0.316. The Balaban J connectivity index is 1.73. The lowest BCUT2D eigenvalue weighted by Crippen LogP contribution is -2.35. The number of hydrogen-bond acceptors (Lipinski definition) is 5. The molecule has 0 aromatic heterocycles. The van der Waals surface area contributed by atoms with Crippen LogP contribution in [-0.4, -0.2) is 44.5 Å². The number of benzene rings is 2. The van der Waals surface area contributed by atoms with Crippen LogP contribution < -0.4 is 10.2 Å². The molecule has 0 unspecified atom stereocenters. The number of halogens is 3. The van der Waals surface area contributed by atoms with E-state index in [0.717, 1.165) is 49.7 Å². The Bertz CT molecular complexity index is 801. The Morgan fingerprint density at radius 1 is 1.15 bits per heavy atom. The Morgan fingerprint density at radius 3 is 2.52 bits per heavy atom. The lowest BCUT2D eigenvalue weighted by atomic mass is 10.1. The highest BCUT2D eigenvalue weighted by molar-refractivity contribution is 6.41. The first-order valence-corrected chi connectivity index (χ1v) is 9.61. The van der Waals surface area contributed by atoms with Gasteiger partial charge >= 0.3 is 0 Å². The van der Waals surface area contributed by atoms with Crippen molar-refractivity contribution < 1.29 is 9.47 Å². The van der Waals surface area contributed by atoms with Crippen LogP contribution >= 0.6 is 34.8 Å². The molecule has 1 saturated heterocycles. The Morgan fingerprint density at radius 2 is 1.85 bits per heavy atom. The number of anilines is 1. The lowest BCUT2D eigenvalue weighted by Gasteiger charge is -2.27. The summed E-state index contributed by atoms with van der Waals surface area (Å²) >= 11 is 18.2. The van der Waals surface area contributed by atoms with Gasteiger partial charge in [0.2, 0.25) is 0 Å². The molecule has 0 radical (unpaired) electrons. The van der Waals surface area contributed by atoms with Crippen molar-refractivity contribution in [3.8, 4) is 5.75 Å². The number of hydrogen-bond donors (Lipinski definition) is 1. The van der Waals surface area contributed by atoms with Crippen molar-refractivity contribution in [3.05, 3.63) is 56.5 Å². The molecule has 1 aliphatic heterocycles. The number of nitrogens with one attached hydrogen (secondary N) is 1. The van der Waals surface area contributed by atoms with E-state index in [-0.39, 0.29) is 0 Å². The Labute approximate surface area is 173 Å². The van der Waals surface area contributed by atoms with Gasteiger partial charge in [0.15, 0.2) is 0 Å². The molecule has 0 atom stereocenters. The van der Waals surface area contributed by atoms with Crippen LogP contribution in [-0.2, 0) is 11.3 Å². The predicted molar refractivity (Wildman–Crippen MR) is 112 cm³/mol. The van der Waals surface area contributed by atoms with E-state index in [4.69, 9.17) is 44.3 Å². The average Bonchev–Trinajstić information content (AvgIpc) is 2.65. The first-order chi connectivity index (χ1) is 13.1. The number of nitrogens with zero attached hydrogens (tertiary/aromatic N) is 2. The minimum Gasteiger partial charge on any atom is -0.496 e. The molecule has 0 amide bonds. The summed E-state index contributed by atoms with van der Waals surface area (Å²) in [6.45, 7) is 4.15. The summed E-state index contributed by atoms with van der Waals surface area (Å²) in [6.07, 6.45) is 1.71. The lowest BCUT2D eigenvalue weighted by molar-refractivity contribution is 0.0339. The van der Waals surface area contributed by atoms with Crippen molar-refractivity contribution >= 4 is 46.7 Å². The van der Waals surface area contributed by atoms with E-state index in [1.807, 2.05) is 12.1 Å². The molecule has 1 fully saturated rings. The molecular weight excluding hydrogens is 409 g/mol. The van der Waals surface area contributed by atoms with Gasteiger partial charge in [-0.05, 0) is 35.9 Å². The normalized spacial score (nSPS) is 15.3. The number of morpholine rings is 1. The van der Waals surface area contributed by atoms with E-state index >= 15 is 0 Å². The SMILES string of the molecule is COc1ccc(/C=N\Nc2c(Cl)cc(Cl)cc2Cl)cc1CN1CCOCC1. The van der Waals surface area contributed by atoms with Crippen molar-refractivity contribution in [1.82, 2.24) is 4.90 Å². The molecule has 1 heterocycles. The van der Waals surface area contributed by atoms with E-state index in [0.29, 0.717) is 20.8 Å². The van der Waals surface area contributed by atoms with Crippen molar-refractivity contribution in [2.45, 2.75) is 6.54 Å². The van der Waals surface area contributed by atoms with E-state index < -0.39 is 0 Å². The van der Waals surface area contributed by atoms with Gasteiger partial charge in [-0.2, -0.15) is 5.10 Å². The highest BCUT2D eigenvalue weighted by Crippen LogP contribution is 2.33. The number of ether oxygens (including phenoxy) is 2. The molecule has 1 aliphatic rings. The maximum atomic E-state index is 6.15. The van der Waals surface area contributed by atoms with Gasteiger partial charge in [0.05, 0.1) is 42.3 Å². The zero-order chi connectivity index (χ0) is 19.2. The molecule has 0 spiro atoms. The maximum absolute atomic E-state index is 6.15. The van der Waals surface area contributed by atoms with Crippen LogP contribution in [0.1, 0.15) is 11.1 Å². The molecule has 0 saturated carbocycles. The van der Waals surface area contributed by atoms with Gasteiger partial charge in [0.1, 0.15) is 5.75 Å². The molecule has 2 aromatic carbocycles. The molecule has 3 rings (SSSR count). The number of methoxy groups -OCH3 is 1. The van der Waals surface area contributed by atoms with E-state index in [1.165, 1.54) is 0 Å². The minimum atomic E-state index is 0.410. The summed E-state index contributed by atoms with van der Waals surface area (Å²) in [4.78, 5) is 2.34. The predicted octanol–water partition coefficient (Wildman–Crippen LogP) is 4.93. The molecule has 0 aliphatic carbocycles. The van der Waals surface area contributed by atoms with Gasteiger partial charge in [0.25, 0.3) is 0 Å². The molecule has 1 N–H and O–H groups in total. The zero-order valence-electron chi connectivity index (χ0n) is 14.8. The van der Waals surface area contributed by atoms with Crippen LogP contribution in [0.2, 0.25) is 15.1 Å². The molecule has 5 nitrogen and oxygen atoms in total.